The summed E-state index contributed by atoms with van der Waals surface area (Å²) in [6.07, 6.45) is 0. The van der Waals surface area contributed by atoms with Gasteiger partial charge in [0.1, 0.15) is 6.07 Å². The Morgan fingerprint density at radius 1 is 1.58 bits per heavy atom. The molecule has 0 saturated heterocycles. The largest absolute Gasteiger partial charge is 0.382 e. The normalized spacial score (nSPS) is 10.7. The van der Waals surface area contributed by atoms with Crippen molar-refractivity contribution in [1.29, 1.82) is 10.7 Å². The Morgan fingerprint density at radius 3 is 2.68 bits per heavy atom. The molecule has 0 aliphatic carbocycles. The van der Waals surface area contributed by atoms with Gasteiger partial charge < -0.3 is 5.73 Å². The van der Waals surface area contributed by atoms with Crippen LogP contribution in [0, 0.1) is 23.7 Å². The van der Waals surface area contributed by atoms with Crippen molar-refractivity contribution in [1.82, 2.24) is 0 Å². The number of rotatable bonds is 4. The number of hydrogen-bond acceptors (Lipinski definition) is 5. The van der Waals surface area contributed by atoms with Gasteiger partial charge in [0.05, 0.1) is 5.69 Å². The van der Waals surface area contributed by atoms with Gasteiger partial charge in [0.25, 0.3) is 0 Å². The molecule has 1 aromatic rings. The molecule has 0 heterocycles. The molecule has 0 aliphatic rings. The number of aryl methyl sites for hydroxylation is 1. The summed E-state index contributed by atoms with van der Waals surface area (Å²) >= 11 is 3.34. The number of nitrogens with one attached hydrogen (secondary N) is 2. The first-order valence-electron chi connectivity index (χ1n) is 5.26. The summed E-state index contributed by atoms with van der Waals surface area (Å²) < 4.78 is 0.805. The van der Waals surface area contributed by atoms with E-state index in [1.165, 1.54) is 6.92 Å². The maximum absolute atomic E-state index is 11.5. The summed E-state index contributed by atoms with van der Waals surface area (Å²) in [6, 6.07) is 5.09. The van der Waals surface area contributed by atoms with Crippen LogP contribution in [-0.4, -0.2) is 17.3 Å². The molecule has 0 aliphatic heterocycles. The van der Waals surface area contributed by atoms with Gasteiger partial charge in [-0.1, -0.05) is 15.9 Å². The molecule has 0 radical (unpaired) electrons. The van der Waals surface area contributed by atoms with Crippen LogP contribution in [0.2, 0.25) is 0 Å². The summed E-state index contributed by atoms with van der Waals surface area (Å²) in [4.78, 5) is 11.5. The van der Waals surface area contributed by atoms with E-state index >= 15 is 0 Å². The zero-order valence-electron chi connectivity index (χ0n) is 10.4. The van der Waals surface area contributed by atoms with E-state index in [4.69, 9.17) is 16.4 Å². The fourth-order valence-corrected chi connectivity index (χ4v) is 1.67. The predicted octanol–water partition coefficient (Wildman–Crippen LogP) is 2.19. The van der Waals surface area contributed by atoms with Crippen LogP contribution in [-0.2, 0) is 0 Å². The van der Waals surface area contributed by atoms with Gasteiger partial charge in [0.2, 0.25) is 5.71 Å². The van der Waals surface area contributed by atoms with Crippen LogP contribution in [0.3, 0.4) is 0 Å². The van der Waals surface area contributed by atoms with Crippen molar-refractivity contribution in [3.05, 3.63) is 27.7 Å². The molecule has 0 fully saturated rings. The van der Waals surface area contributed by atoms with Crippen molar-refractivity contribution in [2.24, 2.45) is 10.8 Å². The zero-order valence-corrected chi connectivity index (χ0v) is 12.0. The molecule has 0 aromatic heterocycles. The smallest absolute Gasteiger partial charge is 0.201 e. The summed E-state index contributed by atoms with van der Waals surface area (Å²) in [7, 11) is 0. The topological polar surface area (TPSA) is 115 Å². The highest BCUT2D eigenvalue weighted by Crippen LogP contribution is 2.25. The van der Waals surface area contributed by atoms with E-state index in [0.29, 0.717) is 11.3 Å². The highest BCUT2D eigenvalue weighted by atomic mass is 79.9. The molecule has 0 bridgehead atoms. The standard InChI is InChI=1S/C12H12BrN5O/c1-6-3-10(8(7(2)19)4-9(6)13)17-18-11(5-14)12(15)16/h3-4,17H,1-2H3,(H3,15,16)/b18-11+. The Morgan fingerprint density at radius 2 is 2.21 bits per heavy atom. The number of nitrogens with two attached hydrogens (primary N) is 1. The first kappa shape index (κ1) is 14.9. The van der Waals surface area contributed by atoms with E-state index in [9.17, 15) is 4.79 Å². The number of nitrogens with zero attached hydrogens (tertiary/aromatic N) is 2. The fourth-order valence-electron chi connectivity index (χ4n) is 1.33. The molecule has 1 aromatic carbocycles. The minimum atomic E-state index is -0.437. The van der Waals surface area contributed by atoms with Crippen LogP contribution in [0.5, 0.6) is 0 Å². The minimum Gasteiger partial charge on any atom is -0.382 e. The van der Waals surface area contributed by atoms with Crippen molar-refractivity contribution in [3.8, 4) is 6.07 Å². The van der Waals surface area contributed by atoms with E-state index in [1.807, 2.05) is 6.92 Å². The SMILES string of the molecule is CC(=O)c1cc(Br)c(C)cc1N/N=C(\C#N)C(=N)N. The molecular weight excluding hydrogens is 310 g/mol. The van der Waals surface area contributed by atoms with Gasteiger partial charge in [-0.3, -0.25) is 15.6 Å². The van der Waals surface area contributed by atoms with Crippen molar-refractivity contribution < 1.29 is 4.79 Å². The lowest BCUT2D eigenvalue weighted by Gasteiger charge is -2.09. The van der Waals surface area contributed by atoms with Crippen molar-refractivity contribution in [2.75, 3.05) is 5.43 Å². The molecule has 0 unspecified atom stereocenters. The molecule has 98 valence electrons. The number of benzene rings is 1. The number of halogens is 1. The van der Waals surface area contributed by atoms with Gasteiger partial charge in [-0.05, 0) is 31.5 Å². The lowest BCUT2D eigenvalue weighted by atomic mass is 10.1. The highest BCUT2D eigenvalue weighted by molar-refractivity contribution is 9.10. The van der Waals surface area contributed by atoms with Crippen LogP contribution in [0.25, 0.3) is 0 Å². The second-order valence-corrected chi connectivity index (χ2v) is 4.66. The van der Waals surface area contributed by atoms with Gasteiger partial charge in [0.15, 0.2) is 11.6 Å². The average Bonchev–Trinajstić information content (AvgIpc) is 2.33. The van der Waals surface area contributed by atoms with Crippen molar-refractivity contribution >= 4 is 38.9 Å². The minimum absolute atomic E-state index is 0.139. The lowest BCUT2D eigenvalue weighted by molar-refractivity contribution is 0.101. The second-order valence-electron chi connectivity index (χ2n) is 3.80. The number of anilines is 1. The van der Waals surface area contributed by atoms with E-state index < -0.39 is 5.84 Å². The fraction of sp³-hybridized carbons (Fsp3) is 0.167. The quantitative estimate of drug-likeness (QED) is 0.341. The van der Waals surface area contributed by atoms with Crippen LogP contribution in [0.15, 0.2) is 21.7 Å². The monoisotopic (exact) mass is 321 g/mol. The molecule has 0 amide bonds. The summed E-state index contributed by atoms with van der Waals surface area (Å²) in [5, 5.41) is 19.6. The van der Waals surface area contributed by atoms with Gasteiger partial charge in [-0.25, -0.2) is 0 Å². The number of carbonyl (C=O) groups excluding carboxylic acids is 1. The maximum Gasteiger partial charge on any atom is 0.201 e. The lowest BCUT2D eigenvalue weighted by Crippen LogP contribution is -2.22. The maximum atomic E-state index is 11.5. The Kier molecular flexibility index (Phi) is 4.78. The first-order chi connectivity index (χ1) is 8.86. The van der Waals surface area contributed by atoms with Crippen LogP contribution in [0.4, 0.5) is 5.69 Å². The number of carbonyl (C=O) groups is 1. The third-order valence-corrected chi connectivity index (χ3v) is 3.18. The van der Waals surface area contributed by atoms with Crippen LogP contribution >= 0.6 is 15.9 Å². The highest BCUT2D eigenvalue weighted by Gasteiger charge is 2.10. The number of hydrogen-bond donors (Lipinski definition) is 3. The number of hydrazone groups is 1. The molecule has 0 spiro atoms. The number of nitriles is 1. The van der Waals surface area contributed by atoms with Crippen LogP contribution in [0.1, 0.15) is 22.8 Å². The molecular formula is C12H12BrN5O. The predicted molar refractivity (Wildman–Crippen MR) is 77.5 cm³/mol. The zero-order chi connectivity index (χ0) is 14.6. The molecule has 4 N–H and O–H groups in total. The third-order valence-electron chi connectivity index (χ3n) is 2.33. The summed E-state index contributed by atoms with van der Waals surface area (Å²) in [5.74, 6) is -0.576. The molecule has 0 atom stereocenters. The van der Waals surface area contributed by atoms with E-state index in [2.05, 4.69) is 26.5 Å². The van der Waals surface area contributed by atoms with Crippen molar-refractivity contribution in [3.63, 3.8) is 0 Å². The van der Waals surface area contributed by atoms with Gasteiger partial charge >= 0.3 is 0 Å². The molecule has 1 rings (SSSR count). The van der Waals surface area contributed by atoms with Crippen molar-refractivity contribution in [2.45, 2.75) is 13.8 Å². The molecule has 19 heavy (non-hydrogen) atoms. The number of ketones is 1. The van der Waals surface area contributed by atoms with E-state index in [1.54, 1.807) is 18.2 Å². The third kappa shape index (κ3) is 3.63. The van der Waals surface area contributed by atoms with Gasteiger partial charge in [-0.2, -0.15) is 10.4 Å². The van der Waals surface area contributed by atoms with E-state index in [-0.39, 0.29) is 11.5 Å². The second kappa shape index (κ2) is 6.11. The van der Waals surface area contributed by atoms with Crippen LogP contribution < -0.4 is 11.2 Å². The molecule has 7 heteroatoms. The number of amidine groups is 1. The average molecular weight is 322 g/mol. The summed E-state index contributed by atoms with van der Waals surface area (Å²) in [6.45, 7) is 3.29. The first-order valence-corrected chi connectivity index (χ1v) is 6.05. The molecule has 6 nitrogen and oxygen atoms in total. The Labute approximate surface area is 118 Å². The number of Topliss-reactive ketones (excluding diaryl/α,β-unsaturated/α-hetero) is 1. The van der Waals surface area contributed by atoms with Gasteiger partial charge in [0, 0.05) is 10.0 Å². The Balaban J connectivity index is 3.21. The Hall–Kier alpha value is -2.20. The Bertz CT molecular complexity index is 615. The van der Waals surface area contributed by atoms with E-state index in [0.717, 1.165) is 10.0 Å². The molecule has 0 saturated carbocycles. The van der Waals surface area contributed by atoms with Gasteiger partial charge in [-0.15, -0.1) is 0 Å². The summed E-state index contributed by atoms with van der Waals surface area (Å²) in [5.41, 5.74) is 9.34.